The molecular weight excluding hydrogens is 358 g/mol. The number of nitrogens with zero attached hydrogens (tertiary/aromatic N) is 1. The molecular formula is C21H23N3O4. The van der Waals surface area contributed by atoms with Crippen molar-refractivity contribution in [3.63, 3.8) is 0 Å². The van der Waals surface area contributed by atoms with E-state index in [2.05, 4.69) is 16.9 Å². The highest BCUT2D eigenvalue weighted by molar-refractivity contribution is 6.38. The van der Waals surface area contributed by atoms with Gasteiger partial charge in [0, 0.05) is 16.8 Å². The first-order chi connectivity index (χ1) is 13.4. The lowest BCUT2D eigenvalue weighted by atomic mass is 10.0. The highest BCUT2D eigenvalue weighted by Gasteiger charge is 2.25. The highest BCUT2D eigenvalue weighted by Crippen LogP contribution is 2.14. The van der Waals surface area contributed by atoms with Crippen LogP contribution in [0.4, 0.5) is 0 Å². The van der Waals surface area contributed by atoms with Crippen LogP contribution in [0, 0.1) is 0 Å². The number of carbonyl (C=O) groups excluding carboxylic acids is 3. The number of fused-ring (bicyclic) bond motifs is 1. The molecule has 1 aromatic carbocycles. The zero-order valence-electron chi connectivity index (χ0n) is 15.7. The first-order valence-electron chi connectivity index (χ1n) is 8.83. The Morgan fingerprint density at radius 3 is 2.68 bits per heavy atom. The number of aliphatic imine (C=N–C) groups is 1. The minimum atomic E-state index is -1.09. The first kappa shape index (κ1) is 20.8. The number of primary amides is 1. The smallest absolute Gasteiger partial charge is 0.287 e. The molecule has 1 aliphatic rings. The van der Waals surface area contributed by atoms with E-state index in [1.54, 1.807) is 55.5 Å². The SMILES string of the molecule is C=C/C=C1\N=C(/C)c2ccccc2C(=O)NC(C(=O)C(N)=O)C/C=C/CCO1. The zero-order chi connectivity index (χ0) is 20.5. The van der Waals surface area contributed by atoms with Gasteiger partial charge in [-0.2, -0.15) is 0 Å². The Morgan fingerprint density at radius 2 is 2.00 bits per heavy atom. The second kappa shape index (κ2) is 10.0. The van der Waals surface area contributed by atoms with E-state index in [0.717, 1.165) is 0 Å². The largest absolute Gasteiger partial charge is 0.477 e. The predicted molar refractivity (Wildman–Crippen MR) is 107 cm³/mol. The Morgan fingerprint density at radius 1 is 1.29 bits per heavy atom. The molecule has 0 radical (unpaired) electrons. The standard InChI is InChI=1S/C21H23N3O4/c1-3-9-18-23-14(2)15-10-6-7-11-16(15)21(27)24-17(19(25)20(22)26)12-5-4-8-13-28-18/h3-7,9-11,17H,1,8,12-13H2,2H3,(H2,22,26)(H,24,27)/b5-4+,18-9+,23-14+. The van der Waals surface area contributed by atoms with E-state index in [4.69, 9.17) is 10.5 Å². The molecule has 1 atom stereocenters. The summed E-state index contributed by atoms with van der Waals surface area (Å²) >= 11 is 0. The Kier molecular flexibility index (Phi) is 7.45. The van der Waals surface area contributed by atoms with E-state index in [0.29, 0.717) is 35.7 Å². The molecule has 1 aliphatic heterocycles. The van der Waals surface area contributed by atoms with Crippen LogP contribution in [0.2, 0.25) is 0 Å². The lowest BCUT2D eigenvalue weighted by molar-refractivity contribution is -0.137. The maximum Gasteiger partial charge on any atom is 0.287 e. The summed E-state index contributed by atoms with van der Waals surface area (Å²) in [6.07, 6.45) is 7.43. The van der Waals surface area contributed by atoms with E-state index < -0.39 is 23.6 Å². The summed E-state index contributed by atoms with van der Waals surface area (Å²) in [6, 6.07) is 5.81. The second-order valence-electron chi connectivity index (χ2n) is 6.08. The molecule has 7 nitrogen and oxygen atoms in total. The molecule has 2 amide bonds. The summed E-state index contributed by atoms with van der Waals surface area (Å²) in [5.41, 5.74) is 6.58. The van der Waals surface area contributed by atoms with Crippen molar-refractivity contribution < 1.29 is 19.1 Å². The molecule has 146 valence electrons. The summed E-state index contributed by atoms with van der Waals surface area (Å²) in [6.45, 7) is 5.78. The van der Waals surface area contributed by atoms with Gasteiger partial charge < -0.3 is 15.8 Å². The third kappa shape index (κ3) is 5.51. The Balaban J connectivity index is 2.48. The van der Waals surface area contributed by atoms with Crippen LogP contribution in [0.25, 0.3) is 0 Å². The number of ketones is 1. The monoisotopic (exact) mass is 381 g/mol. The molecule has 0 bridgehead atoms. The fourth-order valence-corrected chi connectivity index (χ4v) is 2.66. The molecule has 0 saturated carbocycles. The van der Waals surface area contributed by atoms with Gasteiger partial charge in [0.1, 0.15) is 6.04 Å². The van der Waals surface area contributed by atoms with E-state index in [-0.39, 0.29) is 6.42 Å². The summed E-state index contributed by atoms with van der Waals surface area (Å²) in [5.74, 6) is -2.05. The number of rotatable bonds is 3. The molecule has 28 heavy (non-hydrogen) atoms. The number of nitrogens with two attached hydrogens (primary N) is 1. The van der Waals surface area contributed by atoms with Crippen LogP contribution in [-0.2, 0) is 14.3 Å². The number of amides is 2. The molecule has 1 aromatic rings. The van der Waals surface area contributed by atoms with E-state index in [1.165, 1.54) is 0 Å². The summed E-state index contributed by atoms with van der Waals surface area (Å²) in [7, 11) is 0. The van der Waals surface area contributed by atoms with Crippen LogP contribution in [0.5, 0.6) is 0 Å². The predicted octanol–water partition coefficient (Wildman–Crippen LogP) is 2.04. The molecule has 0 saturated heterocycles. The fraction of sp³-hybridized carbons (Fsp3) is 0.238. The van der Waals surface area contributed by atoms with Crippen molar-refractivity contribution in [3.8, 4) is 0 Å². The van der Waals surface area contributed by atoms with E-state index >= 15 is 0 Å². The topological polar surface area (TPSA) is 111 Å². The van der Waals surface area contributed by atoms with Gasteiger partial charge in [-0.1, -0.05) is 43.0 Å². The number of Topliss-reactive ketones (excluding diaryl/α,β-unsaturated/α-hetero) is 1. The van der Waals surface area contributed by atoms with Gasteiger partial charge >= 0.3 is 0 Å². The van der Waals surface area contributed by atoms with Gasteiger partial charge in [0.15, 0.2) is 0 Å². The normalized spacial score (nSPS) is 22.5. The lowest BCUT2D eigenvalue weighted by Gasteiger charge is -2.17. The number of allylic oxidation sites excluding steroid dienone is 2. The zero-order valence-corrected chi connectivity index (χ0v) is 15.7. The van der Waals surface area contributed by atoms with Gasteiger partial charge in [-0.3, -0.25) is 14.4 Å². The molecule has 2 rings (SSSR count). The van der Waals surface area contributed by atoms with Crippen LogP contribution < -0.4 is 11.1 Å². The molecule has 3 N–H and O–H groups in total. The van der Waals surface area contributed by atoms with Crippen LogP contribution in [-0.4, -0.2) is 36.0 Å². The van der Waals surface area contributed by atoms with Gasteiger partial charge in [-0.15, -0.1) is 0 Å². The van der Waals surface area contributed by atoms with Gasteiger partial charge in [-0.25, -0.2) is 4.99 Å². The van der Waals surface area contributed by atoms with E-state index in [1.807, 2.05) is 0 Å². The molecule has 0 aromatic heterocycles. The third-order valence-electron chi connectivity index (χ3n) is 4.04. The number of nitrogens with one attached hydrogen (secondary N) is 1. The molecule has 0 aliphatic carbocycles. The van der Waals surface area contributed by atoms with Gasteiger partial charge in [0.05, 0.1) is 6.61 Å². The van der Waals surface area contributed by atoms with Gasteiger partial charge in [0.2, 0.25) is 11.7 Å². The van der Waals surface area contributed by atoms with Crippen molar-refractivity contribution in [1.82, 2.24) is 5.32 Å². The number of ether oxygens (including phenoxy) is 1. The lowest BCUT2D eigenvalue weighted by Crippen LogP contribution is -2.46. The molecule has 0 fully saturated rings. The summed E-state index contributed by atoms with van der Waals surface area (Å²) < 4.78 is 5.66. The minimum Gasteiger partial charge on any atom is -0.477 e. The summed E-state index contributed by atoms with van der Waals surface area (Å²) in [4.78, 5) is 40.7. The van der Waals surface area contributed by atoms with Crippen molar-refractivity contribution >= 4 is 23.3 Å². The maximum atomic E-state index is 12.8. The quantitative estimate of drug-likeness (QED) is 0.616. The highest BCUT2D eigenvalue weighted by atomic mass is 16.5. The molecule has 1 unspecified atom stereocenters. The second-order valence-corrected chi connectivity index (χ2v) is 6.08. The fourth-order valence-electron chi connectivity index (χ4n) is 2.66. The van der Waals surface area contributed by atoms with Crippen molar-refractivity contribution in [2.24, 2.45) is 10.7 Å². The maximum absolute atomic E-state index is 12.8. The van der Waals surface area contributed by atoms with Crippen molar-refractivity contribution in [3.05, 3.63) is 72.2 Å². The van der Waals surface area contributed by atoms with Crippen molar-refractivity contribution in [2.45, 2.75) is 25.8 Å². The Bertz CT molecular complexity index is 868. The van der Waals surface area contributed by atoms with Gasteiger partial charge in [0.25, 0.3) is 11.8 Å². The Labute approximate surface area is 163 Å². The molecule has 0 spiro atoms. The molecule has 7 heteroatoms. The average Bonchev–Trinajstić information content (AvgIpc) is 2.68. The number of benzene rings is 1. The third-order valence-corrected chi connectivity index (χ3v) is 4.04. The number of hydrogen-bond donors (Lipinski definition) is 2. The molecule has 1 heterocycles. The Hall–Kier alpha value is -3.48. The van der Waals surface area contributed by atoms with Crippen LogP contribution in [0.3, 0.4) is 0 Å². The average molecular weight is 381 g/mol. The number of carbonyl (C=O) groups is 3. The van der Waals surface area contributed by atoms with E-state index in [9.17, 15) is 14.4 Å². The minimum absolute atomic E-state index is 0.151. The van der Waals surface area contributed by atoms with Crippen LogP contribution >= 0.6 is 0 Å². The van der Waals surface area contributed by atoms with Crippen LogP contribution in [0.15, 0.2) is 66.0 Å². The van der Waals surface area contributed by atoms with Crippen LogP contribution in [0.1, 0.15) is 35.7 Å². The van der Waals surface area contributed by atoms with Crippen molar-refractivity contribution in [1.29, 1.82) is 0 Å². The first-order valence-corrected chi connectivity index (χ1v) is 8.83. The summed E-state index contributed by atoms with van der Waals surface area (Å²) in [5, 5.41) is 2.61. The van der Waals surface area contributed by atoms with Crippen molar-refractivity contribution in [2.75, 3.05) is 6.61 Å². The van der Waals surface area contributed by atoms with Gasteiger partial charge in [-0.05, 0) is 31.9 Å². The number of hydrogen-bond acceptors (Lipinski definition) is 5.